The number of rotatable bonds is 1. The summed E-state index contributed by atoms with van der Waals surface area (Å²) >= 11 is 0. The van der Waals surface area contributed by atoms with Gasteiger partial charge in [-0.15, -0.1) is 0 Å². The smallest absolute Gasteiger partial charge is 0.0579 e. The molecule has 3 saturated carbocycles. The zero-order valence-corrected chi connectivity index (χ0v) is 16.0. The second kappa shape index (κ2) is 5.58. The lowest BCUT2D eigenvalue weighted by Gasteiger charge is -2.58. The van der Waals surface area contributed by atoms with Crippen molar-refractivity contribution in [3.8, 4) is 0 Å². The summed E-state index contributed by atoms with van der Waals surface area (Å²) in [5.41, 5.74) is 2.18. The predicted molar refractivity (Wildman–Crippen MR) is 97.4 cm³/mol. The number of hydrogen-bond acceptors (Lipinski definition) is 2. The van der Waals surface area contributed by atoms with Gasteiger partial charge in [-0.2, -0.15) is 0 Å². The Labute approximate surface area is 147 Å². The van der Waals surface area contributed by atoms with Gasteiger partial charge in [0.2, 0.25) is 0 Å². The van der Waals surface area contributed by atoms with Crippen LogP contribution in [-0.4, -0.2) is 22.4 Å². The molecule has 0 spiro atoms. The fourth-order valence-electron chi connectivity index (χ4n) is 7.90. The molecule has 8 atom stereocenters. The van der Waals surface area contributed by atoms with Gasteiger partial charge in [0.1, 0.15) is 0 Å². The molecule has 0 heterocycles. The molecule has 2 nitrogen and oxygen atoms in total. The summed E-state index contributed by atoms with van der Waals surface area (Å²) in [7, 11) is 0. The van der Waals surface area contributed by atoms with E-state index in [1.807, 2.05) is 0 Å². The Morgan fingerprint density at radius 1 is 1.08 bits per heavy atom. The summed E-state index contributed by atoms with van der Waals surface area (Å²) in [4.78, 5) is 0. The van der Waals surface area contributed by atoms with E-state index >= 15 is 0 Å². The van der Waals surface area contributed by atoms with Crippen LogP contribution in [0.2, 0.25) is 0 Å². The summed E-state index contributed by atoms with van der Waals surface area (Å²) in [5, 5.41) is 20.9. The fourth-order valence-corrected chi connectivity index (χ4v) is 7.90. The lowest BCUT2D eigenvalue weighted by Crippen LogP contribution is -2.50. The molecule has 0 unspecified atom stereocenters. The van der Waals surface area contributed by atoms with Crippen LogP contribution in [0.3, 0.4) is 0 Å². The quantitative estimate of drug-likeness (QED) is 0.691. The van der Waals surface area contributed by atoms with Gasteiger partial charge in [0.25, 0.3) is 0 Å². The van der Waals surface area contributed by atoms with Crippen molar-refractivity contribution in [1.29, 1.82) is 0 Å². The summed E-state index contributed by atoms with van der Waals surface area (Å²) in [6, 6.07) is 0. The molecule has 0 amide bonds. The highest BCUT2D eigenvalue weighted by Crippen LogP contribution is 2.67. The maximum atomic E-state index is 10.8. The van der Waals surface area contributed by atoms with Crippen molar-refractivity contribution in [3.05, 3.63) is 11.6 Å². The molecule has 4 aliphatic rings. The van der Waals surface area contributed by atoms with Crippen LogP contribution < -0.4 is 0 Å². The SMILES string of the molecule is CC(C)[C@H]1[C@@H](O)C[C@H]2[C@@H]3CC=C4C[C@@H](O)CC[C@]4(C)[C@H]3CC[C@@]21C. The van der Waals surface area contributed by atoms with E-state index in [9.17, 15) is 10.2 Å². The third-order valence-corrected chi connectivity index (χ3v) is 8.91. The molecule has 2 N–H and O–H groups in total. The second-order valence-electron chi connectivity index (χ2n) is 10.3. The fraction of sp³-hybridized carbons (Fsp3) is 0.909. The van der Waals surface area contributed by atoms with Crippen molar-refractivity contribution >= 4 is 0 Å². The second-order valence-corrected chi connectivity index (χ2v) is 10.3. The van der Waals surface area contributed by atoms with Crippen molar-refractivity contribution < 1.29 is 10.2 Å². The van der Waals surface area contributed by atoms with Crippen molar-refractivity contribution in [1.82, 2.24) is 0 Å². The van der Waals surface area contributed by atoms with Crippen LogP contribution in [-0.2, 0) is 0 Å². The lowest BCUT2D eigenvalue weighted by atomic mass is 9.47. The van der Waals surface area contributed by atoms with Crippen LogP contribution in [0.1, 0.15) is 72.6 Å². The highest BCUT2D eigenvalue weighted by Gasteiger charge is 2.61. The van der Waals surface area contributed by atoms with Crippen LogP contribution >= 0.6 is 0 Å². The van der Waals surface area contributed by atoms with Gasteiger partial charge in [-0.3, -0.25) is 0 Å². The zero-order valence-electron chi connectivity index (χ0n) is 16.0. The molecular weight excluding hydrogens is 296 g/mol. The molecule has 0 radical (unpaired) electrons. The van der Waals surface area contributed by atoms with Crippen molar-refractivity contribution in [2.45, 2.75) is 84.8 Å². The lowest BCUT2D eigenvalue weighted by molar-refractivity contribution is -0.0596. The molecule has 24 heavy (non-hydrogen) atoms. The molecule has 0 aromatic carbocycles. The summed E-state index contributed by atoms with van der Waals surface area (Å²) in [5.74, 6) is 3.23. The molecule has 4 rings (SSSR count). The maximum absolute atomic E-state index is 10.8. The first-order valence-corrected chi connectivity index (χ1v) is 10.3. The summed E-state index contributed by atoms with van der Waals surface area (Å²) in [6.07, 6.45) is 10.1. The predicted octanol–water partition coefficient (Wildman–Crippen LogP) is 4.55. The Morgan fingerprint density at radius 3 is 2.54 bits per heavy atom. The molecule has 0 saturated heterocycles. The molecule has 4 aliphatic carbocycles. The van der Waals surface area contributed by atoms with Gasteiger partial charge in [0.05, 0.1) is 12.2 Å². The molecule has 2 heteroatoms. The van der Waals surface area contributed by atoms with E-state index in [1.165, 1.54) is 19.3 Å². The summed E-state index contributed by atoms with van der Waals surface area (Å²) < 4.78 is 0. The number of aliphatic hydroxyl groups excluding tert-OH is 2. The van der Waals surface area contributed by atoms with Crippen molar-refractivity contribution in [3.63, 3.8) is 0 Å². The number of allylic oxidation sites excluding steroid dienone is 1. The topological polar surface area (TPSA) is 40.5 Å². The van der Waals surface area contributed by atoms with Gasteiger partial charge in [-0.1, -0.05) is 39.3 Å². The first kappa shape index (κ1) is 17.1. The highest BCUT2D eigenvalue weighted by atomic mass is 16.3. The van der Waals surface area contributed by atoms with Crippen LogP contribution in [0.5, 0.6) is 0 Å². The van der Waals surface area contributed by atoms with Gasteiger partial charge in [0, 0.05) is 0 Å². The first-order valence-electron chi connectivity index (χ1n) is 10.3. The van der Waals surface area contributed by atoms with Gasteiger partial charge in [-0.05, 0) is 85.4 Å². The average molecular weight is 333 g/mol. The van der Waals surface area contributed by atoms with E-state index < -0.39 is 0 Å². The molecule has 0 aliphatic heterocycles. The Hall–Kier alpha value is -0.340. The van der Waals surface area contributed by atoms with Crippen LogP contribution in [0, 0.1) is 40.4 Å². The van der Waals surface area contributed by atoms with Gasteiger partial charge in [0.15, 0.2) is 0 Å². The minimum atomic E-state index is -0.117. The van der Waals surface area contributed by atoms with Gasteiger partial charge >= 0.3 is 0 Å². The van der Waals surface area contributed by atoms with E-state index in [1.54, 1.807) is 5.57 Å². The molecule has 3 fully saturated rings. The van der Waals surface area contributed by atoms with Crippen LogP contribution in [0.4, 0.5) is 0 Å². The van der Waals surface area contributed by atoms with Crippen molar-refractivity contribution in [2.75, 3.05) is 0 Å². The minimum absolute atomic E-state index is 0.106. The largest absolute Gasteiger partial charge is 0.393 e. The van der Waals surface area contributed by atoms with Crippen LogP contribution in [0.25, 0.3) is 0 Å². The molecule has 0 aromatic rings. The maximum Gasteiger partial charge on any atom is 0.0579 e. The van der Waals surface area contributed by atoms with E-state index in [-0.39, 0.29) is 12.2 Å². The number of hydrogen-bond donors (Lipinski definition) is 2. The molecule has 136 valence electrons. The molecular formula is C22H36O2. The monoisotopic (exact) mass is 332 g/mol. The Bertz CT molecular complexity index is 538. The molecule has 0 aromatic heterocycles. The van der Waals surface area contributed by atoms with E-state index in [0.717, 1.165) is 37.5 Å². The standard InChI is InChI=1S/C22H36O2/c1-13(2)20-19(24)12-18-16-6-5-14-11-15(23)7-9-21(14,3)17(16)8-10-22(18,20)4/h5,13,15-20,23-24H,6-12H2,1-4H3/t15-,16+,17-,18-,19-,20-,21-,22-/m0/s1. The van der Waals surface area contributed by atoms with Gasteiger partial charge < -0.3 is 10.2 Å². The minimum Gasteiger partial charge on any atom is -0.393 e. The number of aliphatic hydroxyl groups is 2. The summed E-state index contributed by atoms with van der Waals surface area (Å²) in [6.45, 7) is 9.57. The van der Waals surface area contributed by atoms with E-state index in [2.05, 4.69) is 33.8 Å². The number of fused-ring (bicyclic) bond motifs is 5. The Morgan fingerprint density at radius 2 is 1.83 bits per heavy atom. The Kier molecular flexibility index (Phi) is 3.97. The highest BCUT2D eigenvalue weighted by molar-refractivity contribution is 5.25. The van der Waals surface area contributed by atoms with Crippen LogP contribution in [0.15, 0.2) is 11.6 Å². The van der Waals surface area contributed by atoms with E-state index in [4.69, 9.17) is 0 Å². The van der Waals surface area contributed by atoms with E-state index in [0.29, 0.717) is 28.6 Å². The average Bonchev–Trinajstić information content (AvgIpc) is 2.78. The van der Waals surface area contributed by atoms with Crippen molar-refractivity contribution in [2.24, 2.45) is 40.4 Å². The first-order chi connectivity index (χ1) is 11.3. The molecule has 0 bridgehead atoms. The third kappa shape index (κ3) is 2.21. The normalized spacial score (nSPS) is 54.0. The third-order valence-electron chi connectivity index (χ3n) is 8.91. The Balaban J connectivity index is 1.67. The van der Waals surface area contributed by atoms with Gasteiger partial charge in [-0.25, -0.2) is 0 Å². The zero-order chi connectivity index (χ0) is 17.3.